The first-order valence-electron chi connectivity index (χ1n) is 4.96. The summed E-state index contributed by atoms with van der Waals surface area (Å²) in [6.45, 7) is -0.780. The Morgan fingerprint density at radius 1 is 1.11 bits per heavy atom. The van der Waals surface area contributed by atoms with E-state index < -0.39 is 30.8 Å². The highest BCUT2D eigenvalue weighted by Crippen LogP contribution is 2.23. The molecule has 0 radical (unpaired) electrons. The molecular formula is C11H12O7. The number of hydrogen-bond acceptors (Lipinski definition) is 5. The zero-order valence-corrected chi connectivity index (χ0v) is 9.15. The first-order chi connectivity index (χ1) is 8.38. The number of benzene rings is 1. The molecule has 0 amide bonds. The van der Waals surface area contributed by atoms with Crippen molar-refractivity contribution in [2.75, 3.05) is 6.61 Å². The van der Waals surface area contributed by atoms with Gasteiger partial charge in [0.05, 0.1) is 17.7 Å². The first-order valence-corrected chi connectivity index (χ1v) is 4.96. The van der Waals surface area contributed by atoms with Crippen LogP contribution in [-0.2, 0) is 0 Å². The topological polar surface area (TPSA) is 135 Å². The van der Waals surface area contributed by atoms with Crippen molar-refractivity contribution in [1.82, 2.24) is 0 Å². The molecule has 0 heterocycles. The van der Waals surface area contributed by atoms with Crippen molar-refractivity contribution in [2.45, 2.75) is 12.2 Å². The van der Waals surface area contributed by atoms with E-state index in [1.807, 2.05) is 0 Å². The van der Waals surface area contributed by atoms with Crippen LogP contribution in [-0.4, -0.2) is 50.2 Å². The lowest BCUT2D eigenvalue weighted by atomic mass is 9.96. The SMILES string of the molecule is O=C(O)c1ccc(C(=O)O)c(C(O)C(O)CO)c1. The molecule has 18 heavy (non-hydrogen) atoms. The van der Waals surface area contributed by atoms with E-state index in [-0.39, 0.29) is 16.7 Å². The Hall–Kier alpha value is -1.96. The van der Waals surface area contributed by atoms with E-state index in [2.05, 4.69) is 0 Å². The molecule has 0 fully saturated rings. The van der Waals surface area contributed by atoms with Crippen LogP contribution in [0.5, 0.6) is 0 Å². The molecule has 1 aromatic carbocycles. The summed E-state index contributed by atoms with van der Waals surface area (Å²) >= 11 is 0. The van der Waals surface area contributed by atoms with E-state index in [0.717, 1.165) is 18.2 Å². The number of aliphatic hydroxyl groups is 3. The number of aliphatic hydroxyl groups excluding tert-OH is 3. The molecule has 7 heteroatoms. The van der Waals surface area contributed by atoms with E-state index in [0.29, 0.717) is 0 Å². The van der Waals surface area contributed by atoms with Crippen molar-refractivity contribution in [1.29, 1.82) is 0 Å². The summed E-state index contributed by atoms with van der Waals surface area (Å²) in [5.41, 5.74) is -0.817. The number of aromatic carboxylic acids is 2. The third kappa shape index (κ3) is 2.83. The summed E-state index contributed by atoms with van der Waals surface area (Å²) in [6.07, 6.45) is -3.27. The lowest BCUT2D eigenvalue weighted by Gasteiger charge is -2.18. The fraction of sp³-hybridized carbons (Fsp3) is 0.273. The molecule has 0 aliphatic carbocycles. The third-order valence-corrected chi connectivity index (χ3v) is 2.40. The third-order valence-electron chi connectivity index (χ3n) is 2.40. The van der Waals surface area contributed by atoms with Crippen molar-refractivity contribution < 1.29 is 35.1 Å². The summed E-state index contributed by atoms with van der Waals surface area (Å²) in [4.78, 5) is 21.7. The second kappa shape index (κ2) is 5.58. The number of carboxylic acid groups (broad SMARTS) is 2. The molecule has 7 nitrogen and oxygen atoms in total. The summed E-state index contributed by atoms with van der Waals surface area (Å²) < 4.78 is 0. The van der Waals surface area contributed by atoms with Gasteiger partial charge in [0.1, 0.15) is 12.2 Å². The van der Waals surface area contributed by atoms with E-state index >= 15 is 0 Å². The lowest BCUT2D eigenvalue weighted by Crippen LogP contribution is -2.24. The number of hydrogen-bond donors (Lipinski definition) is 5. The van der Waals surface area contributed by atoms with Gasteiger partial charge in [-0.15, -0.1) is 0 Å². The molecule has 0 spiro atoms. The van der Waals surface area contributed by atoms with Crippen LogP contribution < -0.4 is 0 Å². The van der Waals surface area contributed by atoms with Crippen LogP contribution in [0.15, 0.2) is 18.2 Å². The smallest absolute Gasteiger partial charge is 0.336 e. The molecule has 0 bridgehead atoms. The zero-order chi connectivity index (χ0) is 13.9. The molecule has 1 rings (SSSR count). The van der Waals surface area contributed by atoms with E-state index in [1.54, 1.807) is 0 Å². The zero-order valence-electron chi connectivity index (χ0n) is 9.15. The molecule has 1 aromatic rings. The van der Waals surface area contributed by atoms with Crippen LogP contribution in [0.4, 0.5) is 0 Å². The minimum absolute atomic E-state index is 0.223. The minimum atomic E-state index is -1.68. The lowest BCUT2D eigenvalue weighted by molar-refractivity contribution is -0.0158. The van der Waals surface area contributed by atoms with Gasteiger partial charge in [0.2, 0.25) is 0 Å². The van der Waals surface area contributed by atoms with E-state index in [1.165, 1.54) is 0 Å². The standard InChI is InChI=1S/C11H12O7/c12-4-8(13)9(14)7-3-5(10(15)16)1-2-6(7)11(17)18/h1-3,8-9,12-14H,4H2,(H,15,16)(H,17,18). The van der Waals surface area contributed by atoms with Gasteiger partial charge < -0.3 is 25.5 Å². The molecule has 5 N–H and O–H groups in total. The van der Waals surface area contributed by atoms with Gasteiger partial charge in [-0.3, -0.25) is 0 Å². The van der Waals surface area contributed by atoms with Gasteiger partial charge in [0, 0.05) is 0 Å². The Morgan fingerprint density at radius 2 is 1.72 bits per heavy atom. The Bertz CT molecular complexity index is 468. The number of rotatable bonds is 5. The van der Waals surface area contributed by atoms with Crippen LogP contribution in [0.3, 0.4) is 0 Å². The van der Waals surface area contributed by atoms with Crippen LogP contribution in [0, 0.1) is 0 Å². The summed E-state index contributed by atoms with van der Waals surface area (Å²) in [6, 6.07) is 3.05. The largest absolute Gasteiger partial charge is 0.478 e. The van der Waals surface area contributed by atoms with Crippen molar-refractivity contribution in [3.05, 3.63) is 34.9 Å². The minimum Gasteiger partial charge on any atom is -0.478 e. The molecule has 0 aliphatic rings. The highest BCUT2D eigenvalue weighted by molar-refractivity contribution is 5.93. The fourth-order valence-electron chi connectivity index (χ4n) is 1.44. The second-order valence-electron chi connectivity index (χ2n) is 3.61. The van der Waals surface area contributed by atoms with Gasteiger partial charge in [0.25, 0.3) is 0 Å². The summed E-state index contributed by atoms with van der Waals surface area (Å²) in [5, 5.41) is 45.3. The molecule has 2 unspecified atom stereocenters. The van der Waals surface area contributed by atoms with Crippen LogP contribution in [0.25, 0.3) is 0 Å². The highest BCUT2D eigenvalue weighted by Gasteiger charge is 2.24. The molecule has 2 atom stereocenters. The normalized spacial score (nSPS) is 13.9. The van der Waals surface area contributed by atoms with Gasteiger partial charge in [-0.05, 0) is 23.8 Å². The van der Waals surface area contributed by atoms with Crippen molar-refractivity contribution in [3.63, 3.8) is 0 Å². The average Bonchev–Trinajstić information content (AvgIpc) is 2.35. The molecule has 0 saturated carbocycles. The number of carbonyl (C=O) groups is 2. The quantitative estimate of drug-likeness (QED) is 0.477. The predicted octanol–water partition coefficient (Wildman–Crippen LogP) is -0.530. The molecule has 0 saturated heterocycles. The average molecular weight is 256 g/mol. The van der Waals surface area contributed by atoms with Gasteiger partial charge >= 0.3 is 11.9 Å². The number of carboxylic acids is 2. The van der Waals surface area contributed by atoms with Crippen molar-refractivity contribution in [2.24, 2.45) is 0 Å². The molecular weight excluding hydrogens is 244 g/mol. The molecule has 98 valence electrons. The maximum atomic E-state index is 10.9. The maximum absolute atomic E-state index is 10.9. The first kappa shape index (κ1) is 14.1. The Morgan fingerprint density at radius 3 is 2.17 bits per heavy atom. The Balaban J connectivity index is 3.31. The summed E-state index contributed by atoms with van der Waals surface area (Å²) in [7, 11) is 0. The monoisotopic (exact) mass is 256 g/mol. The summed E-state index contributed by atoms with van der Waals surface area (Å²) in [5.74, 6) is -2.66. The van der Waals surface area contributed by atoms with Gasteiger partial charge in [0.15, 0.2) is 0 Å². The van der Waals surface area contributed by atoms with Crippen molar-refractivity contribution in [3.8, 4) is 0 Å². The molecule has 0 aromatic heterocycles. The molecule has 0 aliphatic heterocycles. The van der Waals surface area contributed by atoms with Gasteiger partial charge in [-0.2, -0.15) is 0 Å². The van der Waals surface area contributed by atoms with Crippen LogP contribution in [0.1, 0.15) is 32.4 Å². The Labute approximate surface area is 102 Å². The Kier molecular flexibility index (Phi) is 4.38. The van der Waals surface area contributed by atoms with Crippen LogP contribution in [0.2, 0.25) is 0 Å². The van der Waals surface area contributed by atoms with Crippen LogP contribution >= 0.6 is 0 Å². The van der Waals surface area contributed by atoms with E-state index in [4.69, 9.17) is 15.3 Å². The van der Waals surface area contributed by atoms with Crippen molar-refractivity contribution >= 4 is 11.9 Å². The van der Waals surface area contributed by atoms with E-state index in [9.17, 15) is 19.8 Å². The highest BCUT2D eigenvalue weighted by atomic mass is 16.4. The fourth-order valence-corrected chi connectivity index (χ4v) is 1.44. The predicted molar refractivity (Wildman–Crippen MR) is 58.4 cm³/mol. The second-order valence-corrected chi connectivity index (χ2v) is 3.61. The van der Waals surface area contributed by atoms with Gasteiger partial charge in [-0.1, -0.05) is 0 Å². The van der Waals surface area contributed by atoms with Gasteiger partial charge in [-0.25, -0.2) is 9.59 Å². The maximum Gasteiger partial charge on any atom is 0.336 e.